The molecule has 2 nitrogen and oxygen atoms in total. The molecule has 0 aromatic heterocycles. The second-order valence-electron chi connectivity index (χ2n) is 3.99. The van der Waals surface area contributed by atoms with Gasteiger partial charge >= 0.3 is 0 Å². The minimum absolute atomic E-state index is 0.365. The number of hydrogen-bond donors (Lipinski definition) is 1. The van der Waals surface area contributed by atoms with Gasteiger partial charge in [-0.1, -0.05) is 6.92 Å². The summed E-state index contributed by atoms with van der Waals surface area (Å²) in [7, 11) is 0. The van der Waals surface area contributed by atoms with Gasteiger partial charge in [-0.3, -0.25) is 0 Å². The van der Waals surface area contributed by atoms with Gasteiger partial charge < -0.3 is 9.84 Å². The topological polar surface area (TPSA) is 29.5 Å². The maximum Gasteiger partial charge on any atom is 0.0724 e. The molecule has 0 amide bonds. The molecule has 0 aromatic carbocycles. The molecular weight excluding hydrogens is 140 g/mol. The highest BCUT2D eigenvalue weighted by Crippen LogP contribution is 2.46. The molecule has 1 aliphatic carbocycles. The molecule has 3 atom stereocenters. The van der Waals surface area contributed by atoms with Crippen LogP contribution in [0.1, 0.15) is 26.2 Å². The average molecular weight is 156 g/mol. The average Bonchev–Trinajstić information content (AvgIpc) is 2.52. The molecule has 11 heavy (non-hydrogen) atoms. The molecule has 2 rings (SSSR count). The summed E-state index contributed by atoms with van der Waals surface area (Å²) in [6.07, 6.45) is 3.23. The first kappa shape index (κ1) is 7.56. The lowest BCUT2D eigenvalue weighted by Crippen LogP contribution is -2.51. The molecule has 0 bridgehead atoms. The summed E-state index contributed by atoms with van der Waals surface area (Å²) in [4.78, 5) is 0. The highest BCUT2D eigenvalue weighted by Gasteiger charge is 2.49. The SMILES string of the molecule is CC1CCC1(O)C1CCOC1. The third-order valence-corrected chi connectivity index (χ3v) is 3.47. The van der Waals surface area contributed by atoms with Gasteiger partial charge in [0.05, 0.1) is 12.2 Å². The molecule has 1 N–H and O–H groups in total. The van der Waals surface area contributed by atoms with Crippen molar-refractivity contribution < 1.29 is 9.84 Å². The predicted octanol–water partition coefficient (Wildman–Crippen LogP) is 1.18. The van der Waals surface area contributed by atoms with Crippen LogP contribution < -0.4 is 0 Å². The normalized spacial score (nSPS) is 50.7. The van der Waals surface area contributed by atoms with Crippen molar-refractivity contribution >= 4 is 0 Å². The van der Waals surface area contributed by atoms with E-state index in [2.05, 4.69) is 6.92 Å². The van der Waals surface area contributed by atoms with Gasteiger partial charge in [0, 0.05) is 12.5 Å². The molecule has 0 radical (unpaired) electrons. The van der Waals surface area contributed by atoms with Crippen LogP contribution in [0.2, 0.25) is 0 Å². The van der Waals surface area contributed by atoms with Crippen molar-refractivity contribution in [2.75, 3.05) is 13.2 Å². The lowest BCUT2D eigenvalue weighted by Gasteiger charge is -2.47. The van der Waals surface area contributed by atoms with Gasteiger partial charge in [0.25, 0.3) is 0 Å². The Morgan fingerprint density at radius 3 is 2.64 bits per heavy atom. The van der Waals surface area contributed by atoms with Gasteiger partial charge in [0.15, 0.2) is 0 Å². The summed E-state index contributed by atoms with van der Waals surface area (Å²) in [6, 6.07) is 0. The molecule has 1 heterocycles. The zero-order chi connectivity index (χ0) is 7.90. The van der Waals surface area contributed by atoms with E-state index in [1.807, 2.05) is 0 Å². The Kier molecular flexibility index (Phi) is 1.69. The fourth-order valence-corrected chi connectivity index (χ4v) is 2.26. The van der Waals surface area contributed by atoms with Crippen LogP contribution in [-0.4, -0.2) is 23.9 Å². The standard InChI is InChI=1S/C9H16O2/c1-7-2-4-9(7,10)8-3-5-11-6-8/h7-8,10H,2-6H2,1H3. The van der Waals surface area contributed by atoms with Crippen LogP contribution >= 0.6 is 0 Å². The maximum atomic E-state index is 10.1. The highest BCUT2D eigenvalue weighted by atomic mass is 16.5. The van der Waals surface area contributed by atoms with Crippen LogP contribution in [0.4, 0.5) is 0 Å². The lowest BCUT2D eigenvalue weighted by molar-refractivity contribution is -0.130. The lowest BCUT2D eigenvalue weighted by atomic mass is 9.63. The number of hydrogen-bond acceptors (Lipinski definition) is 2. The van der Waals surface area contributed by atoms with Crippen molar-refractivity contribution in [3.63, 3.8) is 0 Å². The molecule has 2 heteroatoms. The van der Waals surface area contributed by atoms with Gasteiger partial charge in [-0.25, -0.2) is 0 Å². The van der Waals surface area contributed by atoms with E-state index in [0.29, 0.717) is 11.8 Å². The van der Waals surface area contributed by atoms with E-state index in [-0.39, 0.29) is 5.60 Å². The van der Waals surface area contributed by atoms with Crippen molar-refractivity contribution in [3.05, 3.63) is 0 Å². The Bertz CT molecular complexity index is 152. The maximum absolute atomic E-state index is 10.1. The molecule has 1 saturated heterocycles. The zero-order valence-corrected chi connectivity index (χ0v) is 7.05. The van der Waals surface area contributed by atoms with Crippen LogP contribution in [0.25, 0.3) is 0 Å². The first-order valence-corrected chi connectivity index (χ1v) is 4.53. The molecule has 3 unspecified atom stereocenters. The monoisotopic (exact) mass is 156 g/mol. The van der Waals surface area contributed by atoms with Crippen LogP contribution in [-0.2, 0) is 4.74 Å². The van der Waals surface area contributed by atoms with Crippen LogP contribution in [0.15, 0.2) is 0 Å². The summed E-state index contributed by atoms with van der Waals surface area (Å²) in [6.45, 7) is 3.77. The quantitative estimate of drug-likeness (QED) is 0.618. The molecule has 2 fully saturated rings. The van der Waals surface area contributed by atoms with Gasteiger partial charge in [-0.05, 0) is 25.2 Å². The summed E-state index contributed by atoms with van der Waals surface area (Å²) in [5.74, 6) is 0.917. The molecular formula is C9H16O2. The Labute approximate surface area is 67.6 Å². The summed E-state index contributed by atoms with van der Waals surface area (Å²) >= 11 is 0. The van der Waals surface area contributed by atoms with E-state index in [0.717, 1.165) is 26.1 Å². The second kappa shape index (κ2) is 2.46. The third-order valence-electron chi connectivity index (χ3n) is 3.47. The molecule has 1 aliphatic heterocycles. The van der Waals surface area contributed by atoms with Gasteiger partial charge in [-0.15, -0.1) is 0 Å². The van der Waals surface area contributed by atoms with Crippen molar-refractivity contribution in [2.24, 2.45) is 11.8 Å². The zero-order valence-electron chi connectivity index (χ0n) is 7.05. The number of aliphatic hydroxyl groups is 1. The summed E-state index contributed by atoms with van der Waals surface area (Å²) in [5, 5.41) is 10.1. The molecule has 1 saturated carbocycles. The first-order chi connectivity index (χ1) is 5.23. The summed E-state index contributed by atoms with van der Waals surface area (Å²) in [5.41, 5.74) is -0.365. The van der Waals surface area contributed by atoms with Crippen molar-refractivity contribution in [2.45, 2.75) is 31.8 Å². The molecule has 2 aliphatic rings. The van der Waals surface area contributed by atoms with E-state index >= 15 is 0 Å². The molecule has 0 aromatic rings. The Morgan fingerprint density at radius 2 is 2.27 bits per heavy atom. The number of ether oxygens (including phenoxy) is 1. The van der Waals surface area contributed by atoms with Crippen molar-refractivity contribution in [1.29, 1.82) is 0 Å². The van der Waals surface area contributed by atoms with E-state index in [9.17, 15) is 5.11 Å². The largest absolute Gasteiger partial charge is 0.389 e. The van der Waals surface area contributed by atoms with E-state index < -0.39 is 0 Å². The Morgan fingerprint density at radius 1 is 1.45 bits per heavy atom. The van der Waals surface area contributed by atoms with E-state index in [4.69, 9.17) is 4.74 Å². The minimum atomic E-state index is -0.365. The predicted molar refractivity (Wildman–Crippen MR) is 42.3 cm³/mol. The number of rotatable bonds is 1. The molecule has 64 valence electrons. The van der Waals surface area contributed by atoms with Gasteiger partial charge in [-0.2, -0.15) is 0 Å². The van der Waals surface area contributed by atoms with Crippen LogP contribution in [0.5, 0.6) is 0 Å². The minimum Gasteiger partial charge on any atom is -0.389 e. The molecule has 0 spiro atoms. The third kappa shape index (κ3) is 1.00. The van der Waals surface area contributed by atoms with Crippen LogP contribution in [0.3, 0.4) is 0 Å². The van der Waals surface area contributed by atoms with Gasteiger partial charge in [0.1, 0.15) is 0 Å². The summed E-state index contributed by atoms with van der Waals surface area (Å²) < 4.78 is 5.27. The van der Waals surface area contributed by atoms with Gasteiger partial charge in [0.2, 0.25) is 0 Å². The van der Waals surface area contributed by atoms with E-state index in [1.165, 1.54) is 6.42 Å². The van der Waals surface area contributed by atoms with Crippen molar-refractivity contribution in [3.8, 4) is 0 Å². The Hall–Kier alpha value is -0.0800. The fourth-order valence-electron chi connectivity index (χ4n) is 2.26. The van der Waals surface area contributed by atoms with E-state index in [1.54, 1.807) is 0 Å². The Balaban J connectivity index is 2.01. The van der Waals surface area contributed by atoms with Crippen LogP contribution in [0, 0.1) is 11.8 Å². The first-order valence-electron chi connectivity index (χ1n) is 4.53. The smallest absolute Gasteiger partial charge is 0.0724 e. The van der Waals surface area contributed by atoms with Crippen molar-refractivity contribution in [1.82, 2.24) is 0 Å². The second-order valence-corrected chi connectivity index (χ2v) is 3.99. The fraction of sp³-hybridized carbons (Fsp3) is 1.00. The highest BCUT2D eigenvalue weighted by molar-refractivity contribution is 4.99.